The monoisotopic (exact) mass is 319 g/mol. The quantitative estimate of drug-likeness (QED) is 0.787. The molecule has 2 N–H and O–H groups in total. The Balaban J connectivity index is 1.79. The number of carbonyl (C=O) groups is 1. The van der Waals surface area contributed by atoms with Crippen LogP contribution in [0, 0.1) is 6.92 Å². The molecule has 0 saturated carbocycles. The van der Waals surface area contributed by atoms with Crippen molar-refractivity contribution >= 4 is 5.91 Å². The molecule has 0 aromatic heterocycles. The van der Waals surface area contributed by atoms with E-state index in [4.69, 9.17) is 5.11 Å². The van der Waals surface area contributed by atoms with Crippen molar-refractivity contribution < 1.29 is 9.90 Å². The summed E-state index contributed by atoms with van der Waals surface area (Å²) in [6, 6.07) is 8.94. The zero-order valence-electron chi connectivity index (χ0n) is 14.5. The van der Waals surface area contributed by atoms with Crippen LogP contribution in [0.3, 0.4) is 0 Å². The minimum atomic E-state index is 0.0730. The lowest BCUT2D eigenvalue weighted by atomic mass is 10.1. The van der Waals surface area contributed by atoms with E-state index in [0.29, 0.717) is 31.7 Å². The van der Waals surface area contributed by atoms with Crippen LogP contribution < -0.4 is 5.32 Å². The molecule has 1 aromatic carbocycles. The Bertz CT molecular complexity index is 521. The molecule has 0 bridgehead atoms. The molecular formula is C18H29N3O2. The second kappa shape index (κ2) is 8.43. The number of nitrogens with one attached hydrogen (secondary N) is 1. The van der Waals surface area contributed by atoms with Gasteiger partial charge >= 0.3 is 0 Å². The van der Waals surface area contributed by atoms with E-state index in [1.54, 1.807) is 0 Å². The average molecular weight is 319 g/mol. The van der Waals surface area contributed by atoms with Crippen molar-refractivity contribution in [2.45, 2.75) is 38.9 Å². The van der Waals surface area contributed by atoms with E-state index in [2.05, 4.69) is 41.1 Å². The molecule has 2 atom stereocenters. The molecule has 2 rings (SSSR count). The molecule has 5 nitrogen and oxygen atoms in total. The maximum absolute atomic E-state index is 12.2. The van der Waals surface area contributed by atoms with Crippen molar-refractivity contribution in [3.63, 3.8) is 0 Å². The fraction of sp³-hybridized carbons (Fsp3) is 0.611. The van der Waals surface area contributed by atoms with Gasteiger partial charge in [0.25, 0.3) is 0 Å². The maximum Gasteiger partial charge on any atom is 0.234 e. The number of hydrogen-bond donors (Lipinski definition) is 2. The first kappa shape index (κ1) is 17.9. The van der Waals surface area contributed by atoms with Gasteiger partial charge in [-0.05, 0) is 32.9 Å². The molecule has 128 valence electrons. The van der Waals surface area contributed by atoms with Gasteiger partial charge in [0, 0.05) is 31.7 Å². The van der Waals surface area contributed by atoms with Crippen LogP contribution in [0.1, 0.15) is 24.5 Å². The smallest absolute Gasteiger partial charge is 0.234 e. The molecular weight excluding hydrogens is 290 g/mol. The SMILES string of the molecule is Cc1cccc(CNC(=O)CN2CC[C@@H](N(C)CCO)[C@H]2C)c1. The number of benzene rings is 1. The lowest BCUT2D eigenvalue weighted by molar-refractivity contribution is -0.122. The number of aliphatic hydroxyl groups excluding tert-OH is 1. The fourth-order valence-corrected chi connectivity index (χ4v) is 3.38. The van der Waals surface area contributed by atoms with Gasteiger partial charge in [-0.2, -0.15) is 0 Å². The summed E-state index contributed by atoms with van der Waals surface area (Å²) >= 11 is 0. The van der Waals surface area contributed by atoms with E-state index in [0.717, 1.165) is 18.5 Å². The van der Waals surface area contributed by atoms with E-state index < -0.39 is 0 Å². The Morgan fingerprint density at radius 3 is 2.96 bits per heavy atom. The molecule has 0 aliphatic carbocycles. The molecule has 5 heteroatoms. The van der Waals surface area contributed by atoms with Gasteiger partial charge in [0.1, 0.15) is 0 Å². The highest BCUT2D eigenvalue weighted by Crippen LogP contribution is 2.21. The number of rotatable bonds is 7. The third-order valence-electron chi connectivity index (χ3n) is 4.78. The first-order valence-corrected chi connectivity index (χ1v) is 8.38. The minimum absolute atomic E-state index is 0.0730. The Morgan fingerprint density at radius 1 is 1.48 bits per heavy atom. The second-order valence-electron chi connectivity index (χ2n) is 6.54. The van der Waals surface area contributed by atoms with Gasteiger partial charge in [-0.1, -0.05) is 29.8 Å². The molecule has 1 amide bonds. The summed E-state index contributed by atoms with van der Waals surface area (Å²) in [5.41, 5.74) is 2.34. The number of amides is 1. The first-order chi connectivity index (χ1) is 11.0. The number of aliphatic hydroxyl groups is 1. The maximum atomic E-state index is 12.2. The summed E-state index contributed by atoms with van der Waals surface area (Å²) in [6.45, 7) is 7.03. The number of aryl methyl sites for hydroxylation is 1. The van der Waals surface area contributed by atoms with Crippen molar-refractivity contribution in [3.05, 3.63) is 35.4 Å². The van der Waals surface area contributed by atoms with E-state index in [-0.39, 0.29) is 12.5 Å². The summed E-state index contributed by atoms with van der Waals surface area (Å²) in [5.74, 6) is 0.0730. The van der Waals surface area contributed by atoms with Crippen LogP contribution in [-0.4, -0.2) is 66.2 Å². The summed E-state index contributed by atoms with van der Waals surface area (Å²) < 4.78 is 0. The van der Waals surface area contributed by atoms with Crippen molar-refractivity contribution in [2.75, 3.05) is 33.3 Å². The number of carbonyl (C=O) groups excluding carboxylic acids is 1. The molecule has 23 heavy (non-hydrogen) atoms. The number of nitrogens with zero attached hydrogens (tertiary/aromatic N) is 2. The molecule has 1 aromatic rings. The third kappa shape index (κ3) is 5.03. The lowest BCUT2D eigenvalue weighted by Crippen LogP contribution is -2.45. The number of hydrogen-bond acceptors (Lipinski definition) is 4. The van der Waals surface area contributed by atoms with Gasteiger partial charge in [0.15, 0.2) is 0 Å². The van der Waals surface area contributed by atoms with Gasteiger partial charge in [0.2, 0.25) is 5.91 Å². The predicted octanol–water partition coefficient (Wildman–Crippen LogP) is 0.998. The normalized spacial score (nSPS) is 21.8. The molecule has 0 spiro atoms. The summed E-state index contributed by atoms with van der Waals surface area (Å²) in [7, 11) is 2.04. The molecule has 1 saturated heterocycles. The Labute approximate surface area is 139 Å². The predicted molar refractivity (Wildman–Crippen MR) is 92.2 cm³/mol. The van der Waals surface area contributed by atoms with Gasteiger partial charge in [-0.3, -0.25) is 14.6 Å². The van der Waals surface area contributed by atoms with Crippen molar-refractivity contribution in [3.8, 4) is 0 Å². The van der Waals surface area contributed by atoms with E-state index in [1.165, 1.54) is 5.56 Å². The molecule has 1 fully saturated rings. The Morgan fingerprint density at radius 2 is 2.26 bits per heavy atom. The standard InChI is InChI=1S/C18H29N3O2/c1-14-5-4-6-16(11-14)12-19-18(23)13-21-8-7-17(15(21)2)20(3)9-10-22/h4-6,11,15,17,22H,7-10,12-13H2,1-3H3,(H,19,23)/t15-,17-/m1/s1. The number of likely N-dealkylation sites (tertiary alicyclic amines) is 1. The Kier molecular flexibility index (Phi) is 6.57. The van der Waals surface area contributed by atoms with Crippen molar-refractivity contribution in [1.82, 2.24) is 15.1 Å². The van der Waals surface area contributed by atoms with E-state index >= 15 is 0 Å². The van der Waals surface area contributed by atoms with E-state index in [9.17, 15) is 4.79 Å². The zero-order chi connectivity index (χ0) is 16.8. The summed E-state index contributed by atoms with van der Waals surface area (Å²) in [4.78, 5) is 16.6. The van der Waals surface area contributed by atoms with Crippen LogP contribution in [0.25, 0.3) is 0 Å². The highest BCUT2D eigenvalue weighted by Gasteiger charge is 2.33. The van der Waals surface area contributed by atoms with Gasteiger partial charge in [-0.25, -0.2) is 0 Å². The van der Waals surface area contributed by atoms with Gasteiger partial charge in [-0.15, -0.1) is 0 Å². The topological polar surface area (TPSA) is 55.8 Å². The van der Waals surface area contributed by atoms with Gasteiger partial charge in [0.05, 0.1) is 13.2 Å². The summed E-state index contributed by atoms with van der Waals surface area (Å²) in [5, 5.41) is 12.1. The highest BCUT2D eigenvalue weighted by atomic mass is 16.3. The third-order valence-corrected chi connectivity index (χ3v) is 4.78. The molecule has 0 unspecified atom stereocenters. The molecule has 1 aliphatic heterocycles. The average Bonchev–Trinajstić information content (AvgIpc) is 2.87. The van der Waals surface area contributed by atoms with Crippen LogP contribution in [0.4, 0.5) is 0 Å². The molecule has 0 radical (unpaired) electrons. The molecule has 1 heterocycles. The van der Waals surface area contributed by atoms with E-state index in [1.807, 2.05) is 19.2 Å². The van der Waals surface area contributed by atoms with Crippen LogP contribution >= 0.6 is 0 Å². The van der Waals surface area contributed by atoms with Crippen LogP contribution in [-0.2, 0) is 11.3 Å². The van der Waals surface area contributed by atoms with Crippen molar-refractivity contribution in [2.24, 2.45) is 0 Å². The van der Waals surface area contributed by atoms with Crippen molar-refractivity contribution in [1.29, 1.82) is 0 Å². The first-order valence-electron chi connectivity index (χ1n) is 8.38. The largest absolute Gasteiger partial charge is 0.395 e. The summed E-state index contributed by atoms with van der Waals surface area (Å²) in [6.07, 6.45) is 1.04. The zero-order valence-corrected chi connectivity index (χ0v) is 14.5. The van der Waals surface area contributed by atoms with Crippen LogP contribution in [0.5, 0.6) is 0 Å². The van der Waals surface area contributed by atoms with Crippen LogP contribution in [0.2, 0.25) is 0 Å². The van der Waals surface area contributed by atoms with Crippen LogP contribution in [0.15, 0.2) is 24.3 Å². The minimum Gasteiger partial charge on any atom is -0.395 e. The van der Waals surface area contributed by atoms with Gasteiger partial charge < -0.3 is 10.4 Å². The fourth-order valence-electron chi connectivity index (χ4n) is 3.38. The number of likely N-dealkylation sites (N-methyl/N-ethyl adjacent to an activating group) is 1. The Hall–Kier alpha value is -1.43. The second-order valence-corrected chi connectivity index (χ2v) is 6.54. The lowest BCUT2D eigenvalue weighted by Gasteiger charge is -2.30. The molecule has 1 aliphatic rings. The highest BCUT2D eigenvalue weighted by molar-refractivity contribution is 5.78.